The van der Waals surface area contributed by atoms with Gasteiger partial charge in [-0.05, 0) is 81.4 Å². The Kier molecular flexibility index (Phi) is 7.29. The molecule has 0 atom stereocenters. The smallest absolute Gasteiger partial charge is 0.161 e. The number of aliphatic imine (C=N–C) groups is 3. The molecule has 10 aromatic rings. The van der Waals surface area contributed by atoms with Gasteiger partial charge in [0, 0.05) is 32.7 Å². The number of hydrogen-bond acceptors (Lipinski definition) is 3. The molecule has 0 spiro atoms. The molecule has 0 radical (unpaired) electrons. The van der Waals surface area contributed by atoms with Crippen LogP contribution >= 0.6 is 0 Å². The van der Waals surface area contributed by atoms with Crippen molar-refractivity contribution in [3.05, 3.63) is 180 Å². The third-order valence-electron chi connectivity index (χ3n) is 10.1. The van der Waals surface area contributed by atoms with Gasteiger partial charge in [0.05, 0.1) is 6.54 Å². The van der Waals surface area contributed by atoms with Gasteiger partial charge in [0.15, 0.2) is 11.7 Å². The Morgan fingerprint density at radius 2 is 1.17 bits per heavy atom. The third-order valence-corrected chi connectivity index (χ3v) is 10.1. The van der Waals surface area contributed by atoms with Crippen LogP contribution in [0, 0.1) is 0 Å². The molecule has 2 aromatic heterocycles. The van der Waals surface area contributed by atoms with Crippen LogP contribution in [0.5, 0.6) is 0 Å². The molecule has 0 saturated carbocycles. The summed E-state index contributed by atoms with van der Waals surface area (Å²) in [6, 6.07) is 56.2. The minimum Gasteiger partial charge on any atom is -0.456 e. The van der Waals surface area contributed by atoms with E-state index in [0.29, 0.717) is 18.2 Å². The Morgan fingerprint density at radius 1 is 0.491 bits per heavy atom. The fourth-order valence-electron chi connectivity index (χ4n) is 7.56. The Balaban J connectivity index is 1.15. The molecule has 0 fully saturated rings. The van der Waals surface area contributed by atoms with Crippen LogP contribution in [0.15, 0.2) is 188 Å². The molecule has 250 valence electrons. The van der Waals surface area contributed by atoms with E-state index < -0.39 is 0 Å². The lowest BCUT2D eigenvalue weighted by Gasteiger charge is -2.10. The maximum absolute atomic E-state index is 6.44. The van der Waals surface area contributed by atoms with Crippen molar-refractivity contribution in [2.45, 2.75) is 6.54 Å². The van der Waals surface area contributed by atoms with Crippen molar-refractivity contribution in [1.29, 1.82) is 0 Å². The molecule has 0 N–H and O–H groups in total. The SMILES string of the molecule is C=NC(=NC(=NCc1ccccc1)c1ccc2ccc3ccccc3c2c1)c1cccc2oc3ccc(-c4cccc5oc6ccccc6c45)cc3c12. The first-order valence-corrected chi connectivity index (χ1v) is 17.6. The zero-order chi connectivity index (χ0) is 35.3. The van der Waals surface area contributed by atoms with Crippen LogP contribution in [0.4, 0.5) is 0 Å². The van der Waals surface area contributed by atoms with Crippen molar-refractivity contribution in [2.24, 2.45) is 15.0 Å². The van der Waals surface area contributed by atoms with Gasteiger partial charge in [-0.15, -0.1) is 0 Å². The summed E-state index contributed by atoms with van der Waals surface area (Å²) in [6.45, 7) is 4.48. The maximum atomic E-state index is 6.44. The van der Waals surface area contributed by atoms with E-state index in [-0.39, 0.29) is 0 Å². The van der Waals surface area contributed by atoms with E-state index in [2.05, 4.69) is 103 Å². The minimum atomic E-state index is 0.466. The first-order valence-electron chi connectivity index (χ1n) is 17.6. The molecule has 0 aliphatic carbocycles. The molecule has 5 heteroatoms. The van der Waals surface area contributed by atoms with Gasteiger partial charge in [-0.1, -0.05) is 127 Å². The van der Waals surface area contributed by atoms with Crippen LogP contribution in [0.2, 0.25) is 0 Å². The third kappa shape index (κ3) is 5.29. The summed E-state index contributed by atoms with van der Waals surface area (Å²) in [5.41, 5.74) is 8.22. The first-order chi connectivity index (χ1) is 26.2. The summed E-state index contributed by atoms with van der Waals surface area (Å²) in [5, 5.41) is 8.74. The number of hydrogen-bond donors (Lipinski definition) is 0. The summed E-state index contributed by atoms with van der Waals surface area (Å²) in [4.78, 5) is 14.9. The van der Waals surface area contributed by atoms with Crippen LogP contribution in [-0.4, -0.2) is 18.4 Å². The highest BCUT2D eigenvalue weighted by atomic mass is 16.3. The summed E-state index contributed by atoms with van der Waals surface area (Å²) in [5.74, 6) is 1.05. The van der Waals surface area contributed by atoms with Gasteiger partial charge < -0.3 is 8.83 Å². The van der Waals surface area contributed by atoms with Crippen molar-refractivity contribution < 1.29 is 8.83 Å². The molecule has 0 unspecified atom stereocenters. The summed E-state index contributed by atoms with van der Waals surface area (Å²) in [7, 11) is 0. The molecule has 8 aromatic carbocycles. The average Bonchev–Trinajstić information content (AvgIpc) is 3.79. The fourth-order valence-corrected chi connectivity index (χ4v) is 7.56. The molecule has 2 heterocycles. The normalized spacial score (nSPS) is 12.5. The highest BCUT2D eigenvalue weighted by molar-refractivity contribution is 6.23. The van der Waals surface area contributed by atoms with Gasteiger partial charge in [0.2, 0.25) is 0 Å². The van der Waals surface area contributed by atoms with Gasteiger partial charge in [-0.2, -0.15) is 0 Å². The Hall–Kier alpha value is -7.11. The number of fused-ring (bicyclic) bond motifs is 9. The van der Waals surface area contributed by atoms with E-state index in [1.807, 2.05) is 72.8 Å². The van der Waals surface area contributed by atoms with E-state index in [9.17, 15) is 0 Å². The molecule has 10 rings (SSSR count). The summed E-state index contributed by atoms with van der Waals surface area (Å²) in [6.07, 6.45) is 0. The lowest BCUT2D eigenvalue weighted by molar-refractivity contribution is 0.669. The zero-order valence-electron chi connectivity index (χ0n) is 28.7. The second kappa shape index (κ2) is 12.6. The molecule has 0 aliphatic rings. The minimum absolute atomic E-state index is 0.466. The molecular weight excluding hydrogens is 651 g/mol. The Morgan fingerprint density at radius 3 is 2.02 bits per heavy atom. The van der Waals surface area contributed by atoms with Gasteiger partial charge in [-0.25, -0.2) is 9.98 Å². The lowest BCUT2D eigenvalue weighted by Crippen LogP contribution is -2.06. The second-order valence-electron chi connectivity index (χ2n) is 13.2. The van der Waals surface area contributed by atoms with Crippen molar-refractivity contribution in [3.8, 4) is 11.1 Å². The second-order valence-corrected chi connectivity index (χ2v) is 13.2. The van der Waals surface area contributed by atoms with Crippen molar-refractivity contribution in [2.75, 3.05) is 0 Å². The number of furan rings is 2. The fraction of sp³-hybridized carbons (Fsp3) is 0.0208. The van der Waals surface area contributed by atoms with E-state index in [0.717, 1.165) is 82.5 Å². The maximum Gasteiger partial charge on any atom is 0.161 e. The number of para-hydroxylation sites is 1. The van der Waals surface area contributed by atoms with E-state index in [1.165, 1.54) is 10.8 Å². The largest absolute Gasteiger partial charge is 0.456 e. The molecule has 5 nitrogen and oxygen atoms in total. The van der Waals surface area contributed by atoms with E-state index in [4.69, 9.17) is 18.8 Å². The monoisotopic (exact) mass is 681 g/mol. The molecular formula is C48H31N3O2. The Labute approximate surface area is 304 Å². The topological polar surface area (TPSA) is 63.4 Å². The predicted octanol–water partition coefficient (Wildman–Crippen LogP) is 12.6. The van der Waals surface area contributed by atoms with Crippen LogP contribution in [-0.2, 0) is 6.54 Å². The molecule has 0 bridgehead atoms. The van der Waals surface area contributed by atoms with Gasteiger partial charge >= 0.3 is 0 Å². The van der Waals surface area contributed by atoms with Crippen LogP contribution < -0.4 is 0 Å². The number of benzene rings is 8. The molecule has 0 amide bonds. The quantitative estimate of drug-likeness (QED) is 0.103. The van der Waals surface area contributed by atoms with Gasteiger partial charge in [0.25, 0.3) is 0 Å². The molecule has 53 heavy (non-hydrogen) atoms. The first kappa shape index (κ1) is 30.7. The van der Waals surface area contributed by atoms with Crippen LogP contribution in [0.1, 0.15) is 16.7 Å². The van der Waals surface area contributed by atoms with Crippen molar-refractivity contribution in [1.82, 2.24) is 0 Å². The van der Waals surface area contributed by atoms with Crippen molar-refractivity contribution in [3.63, 3.8) is 0 Å². The molecule has 0 aliphatic heterocycles. The summed E-state index contributed by atoms with van der Waals surface area (Å²) >= 11 is 0. The van der Waals surface area contributed by atoms with Crippen LogP contribution in [0.25, 0.3) is 76.5 Å². The van der Waals surface area contributed by atoms with Crippen molar-refractivity contribution >= 4 is 83.8 Å². The van der Waals surface area contributed by atoms with E-state index >= 15 is 0 Å². The average molecular weight is 682 g/mol. The standard InChI is InChI=1S/C48H31N3O2/c1-49-48(51-47(50-29-30-11-3-2-4-12-30)34-24-23-32-22-21-31-13-5-6-14-35(31)39(32)28-34)38-17-10-20-44-46(38)40-27-33(25-26-42(40)53-44)36-16-9-19-43-45(36)37-15-7-8-18-41(37)52-43/h2-28H,1,29H2. The highest BCUT2D eigenvalue weighted by Gasteiger charge is 2.18. The number of rotatable bonds is 5. The van der Waals surface area contributed by atoms with Gasteiger partial charge in [0.1, 0.15) is 22.3 Å². The zero-order valence-corrected chi connectivity index (χ0v) is 28.7. The predicted molar refractivity (Wildman–Crippen MR) is 221 cm³/mol. The lowest BCUT2D eigenvalue weighted by atomic mass is 9.97. The highest BCUT2D eigenvalue weighted by Crippen LogP contribution is 2.40. The van der Waals surface area contributed by atoms with Gasteiger partial charge in [-0.3, -0.25) is 4.99 Å². The Bertz CT molecular complexity index is 3110. The van der Waals surface area contributed by atoms with E-state index in [1.54, 1.807) is 0 Å². The number of nitrogens with zero attached hydrogens (tertiary/aromatic N) is 3. The summed E-state index contributed by atoms with van der Waals surface area (Å²) < 4.78 is 12.7. The number of amidine groups is 2. The molecule has 0 saturated heterocycles. The van der Waals surface area contributed by atoms with Crippen LogP contribution in [0.3, 0.4) is 0 Å².